The van der Waals surface area contributed by atoms with E-state index in [-0.39, 0.29) is 5.91 Å². The van der Waals surface area contributed by atoms with Crippen molar-refractivity contribution in [2.24, 2.45) is 5.41 Å². The molecule has 3 nitrogen and oxygen atoms in total. The lowest BCUT2D eigenvalue weighted by Crippen LogP contribution is -2.39. The number of nitrogens with one attached hydrogen (secondary N) is 1. The second-order valence-corrected chi connectivity index (χ2v) is 5.79. The first kappa shape index (κ1) is 14.9. The number of nitriles is 1. The molecule has 1 saturated carbocycles. The Bertz CT molecular complexity index is 513. The highest BCUT2D eigenvalue weighted by molar-refractivity contribution is 6.31. The number of hydrogen-bond acceptors (Lipinski definition) is 2. The Labute approximate surface area is 124 Å². The summed E-state index contributed by atoms with van der Waals surface area (Å²) in [4.78, 5) is 12.4. The van der Waals surface area contributed by atoms with Crippen molar-refractivity contribution in [3.05, 3.63) is 34.9 Å². The molecule has 0 aliphatic heterocycles. The maximum Gasteiger partial charge on any atom is 0.240 e. The van der Waals surface area contributed by atoms with Crippen LogP contribution < -0.4 is 5.32 Å². The van der Waals surface area contributed by atoms with Crippen LogP contribution in [0.25, 0.3) is 0 Å². The van der Waals surface area contributed by atoms with Gasteiger partial charge >= 0.3 is 0 Å². The molecule has 1 aromatic carbocycles. The van der Waals surface area contributed by atoms with E-state index in [0.717, 1.165) is 31.2 Å². The van der Waals surface area contributed by atoms with Gasteiger partial charge in [0.15, 0.2) is 0 Å². The number of hydrogen-bond donors (Lipinski definition) is 1. The lowest BCUT2D eigenvalue weighted by molar-refractivity contribution is -0.129. The van der Waals surface area contributed by atoms with Crippen LogP contribution in [0.1, 0.15) is 44.1 Å². The number of halogens is 1. The van der Waals surface area contributed by atoms with E-state index in [0.29, 0.717) is 24.4 Å². The highest BCUT2D eigenvalue weighted by Gasteiger charge is 2.38. The van der Waals surface area contributed by atoms with Gasteiger partial charge in [0.25, 0.3) is 0 Å². The van der Waals surface area contributed by atoms with Gasteiger partial charge in [-0.1, -0.05) is 55.5 Å². The van der Waals surface area contributed by atoms with Crippen LogP contribution in [0, 0.1) is 16.7 Å². The van der Waals surface area contributed by atoms with Gasteiger partial charge in [-0.25, -0.2) is 0 Å². The van der Waals surface area contributed by atoms with Crippen LogP contribution in [0.2, 0.25) is 5.02 Å². The van der Waals surface area contributed by atoms with E-state index in [1.165, 1.54) is 0 Å². The first-order valence-corrected chi connectivity index (χ1v) is 7.49. The van der Waals surface area contributed by atoms with Gasteiger partial charge < -0.3 is 5.32 Å². The third-order valence-electron chi connectivity index (χ3n) is 4.00. The first-order chi connectivity index (χ1) is 9.68. The predicted octanol–water partition coefficient (Wildman–Crippen LogP) is 3.82. The van der Waals surface area contributed by atoms with Crippen LogP contribution in [0.5, 0.6) is 0 Å². The van der Waals surface area contributed by atoms with Crippen LogP contribution in [0.3, 0.4) is 0 Å². The average Bonchev–Trinajstić information content (AvgIpc) is 2.72. The molecule has 1 aliphatic rings. The van der Waals surface area contributed by atoms with E-state index < -0.39 is 5.41 Å². The Morgan fingerprint density at radius 3 is 2.50 bits per heavy atom. The SMILES string of the molecule is N#CC1(C(=O)NCc2ccccc2Cl)CCCCCC1. The third-order valence-corrected chi connectivity index (χ3v) is 4.37. The van der Waals surface area contributed by atoms with E-state index in [9.17, 15) is 10.1 Å². The topological polar surface area (TPSA) is 52.9 Å². The highest BCUT2D eigenvalue weighted by Crippen LogP contribution is 2.34. The van der Waals surface area contributed by atoms with Gasteiger partial charge in [-0.15, -0.1) is 0 Å². The molecule has 0 heterocycles. The summed E-state index contributed by atoms with van der Waals surface area (Å²) < 4.78 is 0. The molecule has 0 unspecified atom stereocenters. The highest BCUT2D eigenvalue weighted by atomic mass is 35.5. The van der Waals surface area contributed by atoms with Crippen LogP contribution >= 0.6 is 11.6 Å². The molecular formula is C16H19ClN2O. The van der Waals surface area contributed by atoms with Crippen LogP contribution in [0.15, 0.2) is 24.3 Å². The van der Waals surface area contributed by atoms with Gasteiger partial charge in [0.05, 0.1) is 6.07 Å². The molecule has 1 aliphatic carbocycles. The van der Waals surface area contributed by atoms with Gasteiger partial charge in [0.1, 0.15) is 5.41 Å². The zero-order chi connectivity index (χ0) is 14.4. The fourth-order valence-corrected chi connectivity index (χ4v) is 2.91. The van der Waals surface area contributed by atoms with E-state index in [2.05, 4.69) is 11.4 Å². The van der Waals surface area contributed by atoms with Crippen molar-refractivity contribution in [3.63, 3.8) is 0 Å². The van der Waals surface area contributed by atoms with E-state index >= 15 is 0 Å². The number of benzene rings is 1. The summed E-state index contributed by atoms with van der Waals surface area (Å²) in [5, 5.41) is 13.0. The summed E-state index contributed by atoms with van der Waals surface area (Å²) in [7, 11) is 0. The minimum Gasteiger partial charge on any atom is -0.351 e. The van der Waals surface area contributed by atoms with Crippen LogP contribution in [-0.4, -0.2) is 5.91 Å². The van der Waals surface area contributed by atoms with E-state index in [1.807, 2.05) is 18.2 Å². The van der Waals surface area contributed by atoms with Crippen LogP contribution in [0.4, 0.5) is 0 Å². The van der Waals surface area contributed by atoms with Crippen molar-refractivity contribution >= 4 is 17.5 Å². The van der Waals surface area contributed by atoms with Crippen molar-refractivity contribution in [1.82, 2.24) is 5.32 Å². The smallest absolute Gasteiger partial charge is 0.240 e. The Balaban J connectivity index is 2.03. The Kier molecular flexibility index (Phi) is 5.03. The van der Waals surface area contributed by atoms with Crippen molar-refractivity contribution in [3.8, 4) is 6.07 Å². The Morgan fingerprint density at radius 2 is 1.90 bits per heavy atom. The molecule has 2 rings (SSSR count). The summed E-state index contributed by atoms with van der Waals surface area (Å²) in [5.74, 6) is -0.151. The lowest BCUT2D eigenvalue weighted by atomic mass is 9.81. The van der Waals surface area contributed by atoms with Crippen LogP contribution in [-0.2, 0) is 11.3 Å². The predicted molar refractivity (Wildman–Crippen MR) is 79.0 cm³/mol. The normalized spacial score (nSPS) is 17.8. The minimum absolute atomic E-state index is 0.151. The molecule has 0 saturated heterocycles. The number of carbonyl (C=O) groups excluding carboxylic acids is 1. The molecule has 1 fully saturated rings. The molecule has 1 N–H and O–H groups in total. The molecule has 0 bridgehead atoms. The summed E-state index contributed by atoms with van der Waals surface area (Å²) in [6, 6.07) is 9.69. The monoisotopic (exact) mass is 290 g/mol. The fraction of sp³-hybridized carbons (Fsp3) is 0.500. The number of amides is 1. The second-order valence-electron chi connectivity index (χ2n) is 5.38. The minimum atomic E-state index is -0.849. The molecular weight excluding hydrogens is 272 g/mol. The molecule has 0 spiro atoms. The quantitative estimate of drug-likeness (QED) is 0.860. The Hall–Kier alpha value is -1.53. The molecule has 1 amide bonds. The van der Waals surface area contributed by atoms with E-state index in [4.69, 9.17) is 11.6 Å². The fourth-order valence-electron chi connectivity index (χ4n) is 2.71. The molecule has 0 atom stereocenters. The van der Waals surface area contributed by atoms with Gasteiger partial charge in [0.2, 0.25) is 5.91 Å². The number of carbonyl (C=O) groups is 1. The van der Waals surface area contributed by atoms with Gasteiger partial charge in [-0.2, -0.15) is 5.26 Å². The molecule has 4 heteroatoms. The van der Waals surface area contributed by atoms with E-state index in [1.54, 1.807) is 6.07 Å². The zero-order valence-corrected chi connectivity index (χ0v) is 12.2. The second kappa shape index (κ2) is 6.76. The van der Waals surface area contributed by atoms with Crippen molar-refractivity contribution in [2.75, 3.05) is 0 Å². The zero-order valence-electron chi connectivity index (χ0n) is 11.5. The summed E-state index contributed by atoms with van der Waals surface area (Å²) in [6.45, 7) is 0.377. The van der Waals surface area contributed by atoms with Gasteiger partial charge in [-0.05, 0) is 24.5 Å². The first-order valence-electron chi connectivity index (χ1n) is 7.11. The average molecular weight is 291 g/mol. The standard InChI is InChI=1S/C16H19ClN2O/c17-14-8-4-3-7-13(14)11-19-15(20)16(12-18)9-5-1-2-6-10-16/h3-4,7-8H,1-2,5-6,9-11H2,(H,19,20). The van der Waals surface area contributed by atoms with Crippen molar-refractivity contribution in [1.29, 1.82) is 5.26 Å². The summed E-state index contributed by atoms with van der Waals surface area (Å²) in [5.41, 5.74) is 0.0295. The molecule has 0 aromatic heterocycles. The molecule has 1 aromatic rings. The summed E-state index contributed by atoms with van der Waals surface area (Å²) in [6.07, 6.45) is 5.46. The van der Waals surface area contributed by atoms with Gasteiger partial charge in [0, 0.05) is 11.6 Å². The summed E-state index contributed by atoms with van der Waals surface area (Å²) >= 11 is 6.07. The van der Waals surface area contributed by atoms with Gasteiger partial charge in [-0.3, -0.25) is 4.79 Å². The largest absolute Gasteiger partial charge is 0.351 e. The number of rotatable bonds is 3. The molecule has 20 heavy (non-hydrogen) atoms. The Morgan fingerprint density at radius 1 is 1.25 bits per heavy atom. The van der Waals surface area contributed by atoms with Crippen molar-refractivity contribution in [2.45, 2.75) is 45.1 Å². The molecule has 106 valence electrons. The maximum atomic E-state index is 12.4. The van der Waals surface area contributed by atoms with Crippen molar-refractivity contribution < 1.29 is 4.79 Å². The molecule has 0 radical (unpaired) electrons. The lowest BCUT2D eigenvalue weighted by Gasteiger charge is -2.23. The number of nitrogens with zero attached hydrogens (tertiary/aromatic N) is 1. The third kappa shape index (κ3) is 3.32. The maximum absolute atomic E-state index is 12.4.